The SMILES string of the molecule is CCNC1CCCC(C(=O)c2cccc(Cl)c2)CC1. The topological polar surface area (TPSA) is 29.1 Å². The third-order valence-electron chi connectivity index (χ3n) is 3.94. The second-order valence-electron chi connectivity index (χ2n) is 5.33. The molecule has 2 atom stereocenters. The Labute approximate surface area is 120 Å². The first kappa shape index (κ1) is 14.5. The predicted octanol–water partition coefficient (Wildman–Crippen LogP) is 4.08. The summed E-state index contributed by atoms with van der Waals surface area (Å²) in [5.41, 5.74) is 0.763. The van der Waals surface area contributed by atoms with Crippen LogP contribution >= 0.6 is 11.6 Å². The third-order valence-corrected chi connectivity index (χ3v) is 4.18. The normalized spacial score (nSPS) is 23.9. The van der Waals surface area contributed by atoms with Crippen LogP contribution in [0.1, 0.15) is 49.4 Å². The largest absolute Gasteiger partial charge is 0.314 e. The lowest BCUT2D eigenvalue weighted by Gasteiger charge is -2.15. The molecule has 19 heavy (non-hydrogen) atoms. The number of nitrogens with one attached hydrogen (secondary N) is 1. The Balaban J connectivity index is 2.00. The standard InChI is InChI=1S/C16H22ClNO/c1-2-18-15-8-4-5-12(9-10-15)16(19)13-6-3-7-14(17)11-13/h3,6-7,11-12,15,18H,2,4-5,8-10H2,1H3. The molecular weight excluding hydrogens is 258 g/mol. The van der Waals surface area contributed by atoms with E-state index >= 15 is 0 Å². The number of rotatable bonds is 4. The highest BCUT2D eigenvalue weighted by Crippen LogP contribution is 2.27. The number of carbonyl (C=O) groups is 1. The fourth-order valence-corrected chi connectivity index (χ4v) is 3.12. The molecule has 0 amide bonds. The zero-order chi connectivity index (χ0) is 13.7. The van der Waals surface area contributed by atoms with Gasteiger partial charge in [0.2, 0.25) is 0 Å². The Kier molecular flexibility index (Phi) is 5.41. The van der Waals surface area contributed by atoms with Crippen LogP contribution in [0.3, 0.4) is 0 Å². The van der Waals surface area contributed by atoms with E-state index < -0.39 is 0 Å². The van der Waals surface area contributed by atoms with Crippen molar-refractivity contribution in [2.45, 2.75) is 45.1 Å². The zero-order valence-electron chi connectivity index (χ0n) is 11.5. The van der Waals surface area contributed by atoms with Crippen molar-refractivity contribution in [2.24, 2.45) is 5.92 Å². The maximum atomic E-state index is 12.5. The Morgan fingerprint density at radius 2 is 2.16 bits per heavy atom. The van der Waals surface area contributed by atoms with E-state index in [0.29, 0.717) is 11.1 Å². The van der Waals surface area contributed by atoms with Gasteiger partial charge in [-0.05, 0) is 44.4 Å². The second kappa shape index (κ2) is 7.06. The smallest absolute Gasteiger partial charge is 0.165 e. The minimum absolute atomic E-state index is 0.169. The number of ketones is 1. The van der Waals surface area contributed by atoms with E-state index in [1.807, 2.05) is 18.2 Å². The molecular formula is C16H22ClNO. The van der Waals surface area contributed by atoms with E-state index in [9.17, 15) is 4.79 Å². The lowest BCUT2D eigenvalue weighted by Crippen LogP contribution is -2.28. The molecule has 0 spiro atoms. The second-order valence-corrected chi connectivity index (χ2v) is 5.77. The fourth-order valence-electron chi connectivity index (χ4n) is 2.93. The Morgan fingerprint density at radius 3 is 2.89 bits per heavy atom. The molecule has 0 bridgehead atoms. The fraction of sp³-hybridized carbons (Fsp3) is 0.562. The summed E-state index contributed by atoms with van der Waals surface area (Å²) in [5.74, 6) is 0.432. The number of benzene rings is 1. The molecule has 1 saturated carbocycles. The summed E-state index contributed by atoms with van der Waals surface area (Å²) in [7, 11) is 0. The lowest BCUT2D eigenvalue weighted by molar-refractivity contribution is 0.0907. The molecule has 3 heteroatoms. The van der Waals surface area contributed by atoms with Crippen molar-refractivity contribution in [1.82, 2.24) is 5.32 Å². The molecule has 2 rings (SSSR count). The van der Waals surface area contributed by atoms with Gasteiger partial charge in [-0.3, -0.25) is 4.79 Å². The first-order valence-electron chi connectivity index (χ1n) is 7.24. The van der Waals surface area contributed by atoms with Gasteiger partial charge in [0.1, 0.15) is 0 Å². The highest BCUT2D eigenvalue weighted by molar-refractivity contribution is 6.31. The van der Waals surface area contributed by atoms with Crippen molar-refractivity contribution >= 4 is 17.4 Å². The molecule has 104 valence electrons. The zero-order valence-corrected chi connectivity index (χ0v) is 12.2. The van der Waals surface area contributed by atoms with Gasteiger partial charge in [-0.2, -0.15) is 0 Å². The molecule has 0 aromatic heterocycles. The van der Waals surface area contributed by atoms with Crippen LogP contribution in [0, 0.1) is 5.92 Å². The van der Waals surface area contributed by atoms with Crippen molar-refractivity contribution in [2.75, 3.05) is 6.54 Å². The molecule has 1 fully saturated rings. The van der Waals surface area contributed by atoms with E-state index in [-0.39, 0.29) is 11.7 Å². The van der Waals surface area contributed by atoms with E-state index in [1.165, 1.54) is 6.42 Å². The summed E-state index contributed by atoms with van der Waals surface area (Å²) >= 11 is 5.96. The minimum Gasteiger partial charge on any atom is -0.314 e. The molecule has 1 aromatic rings. The van der Waals surface area contributed by atoms with Crippen LogP contribution in [-0.4, -0.2) is 18.4 Å². The Bertz CT molecular complexity index is 433. The van der Waals surface area contributed by atoms with Crippen LogP contribution in [0.2, 0.25) is 5.02 Å². The van der Waals surface area contributed by atoms with Crippen molar-refractivity contribution in [3.63, 3.8) is 0 Å². The van der Waals surface area contributed by atoms with E-state index in [4.69, 9.17) is 11.6 Å². The third kappa shape index (κ3) is 4.05. The van der Waals surface area contributed by atoms with Gasteiger partial charge in [0.15, 0.2) is 5.78 Å². The van der Waals surface area contributed by atoms with Gasteiger partial charge in [-0.1, -0.05) is 37.1 Å². The predicted molar refractivity (Wildman–Crippen MR) is 79.8 cm³/mol. The molecule has 0 heterocycles. The van der Waals surface area contributed by atoms with Crippen LogP contribution in [0.4, 0.5) is 0 Å². The van der Waals surface area contributed by atoms with Crippen molar-refractivity contribution in [3.05, 3.63) is 34.9 Å². The van der Waals surface area contributed by atoms with Gasteiger partial charge in [-0.15, -0.1) is 0 Å². The molecule has 0 saturated heterocycles. The summed E-state index contributed by atoms with van der Waals surface area (Å²) in [6.07, 6.45) is 5.42. The first-order chi connectivity index (χ1) is 9.20. The minimum atomic E-state index is 0.169. The van der Waals surface area contributed by atoms with Crippen LogP contribution in [-0.2, 0) is 0 Å². The number of carbonyl (C=O) groups excluding carboxylic acids is 1. The summed E-state index contributed by atoms with van der Waals surface area (Å²) < 4.78 is 0. The van der Waals surface area contributed by atoms with Crippen LogP contribution in [0.25, 0.3) is 0 Å². The summed E-state index contributed by atoms with van der Waals surface area (Å²) in [6.45, 7) is 3.15. The average Bonchev–Trinajstić information content (AvgIpc) is 2.64. The Morgan fingerprint density at radius 1 is 1.32 bits per heavy atom. The molecule has 2 nitrogen and oxygen atoms in total. The van der Waals surface area contributed by atoms with Crippen molar-refractivity contribution in [1.29, 1.82) is 0 Å². The molecule has 1 N–H and O–H groups in total. The molecule has 1 aromatic carbocycles. The number of Topliss-reactive ketones (excluding diaryl/α,β-unsaturated/α-hetero) is 1. The van der Waals surface area contributed by atoms with Crippen LogP contribution in [0.5, 0.6) is 0 Å². The van der Waals surface area contributed by atoms with Gasteiger partial charge in [0.05, 0.1) is 0 Å². The monoisotopic (exact) mass is 279 g/mol. The highest BCUT2D eigenvalue weighted by Gasteiger charge is 2.24. The highest BCUT2D eigenvalue weighted by atomic mass is 35.5. The van der Waals surface area contributed by atoms with Gasteiger partial charge < -0.3 is 5.32 Å². The van der Waals surface area contributed by atoms with Gasteiger partial charge in [-0.25, -0.2) is 0 Å². The quantitative estimate of drug-likeness (QED) is 0.665. The summed E-state index contributed by atoms with van der Waals surface area (Å²) in [6, 6.07) is 7.92. The molecule has 0 radical (unpaired) electrons. The number of hydrogen-bond acceptors (Lipinski definition) is 2. The maximum Gasteiger partial charge on any atom is 0.165 e. The van der Waals surface area contributed by atoms with E-state index in [2.05, 4.69) is 12.2 Å². The number of hydrogen-bond donors (Lipinski definition) is 1. The van der Waals surface area contributed by atoms with Crippen molar-refractivity contribution in [3.8, 4) is 0 Å². The van der Waals surface area contributed by atoms with E-state index in [0.717, 1.165) is 37.8 Å². The Hall–Kier alpha value is -0.860. The molecule has 2 unspecified atom stereocenters. The van der Waals surface area contributed by atoms with Gasteiger partial charge in [0, 0.05) is 22.5 Å². The van der Waals surface area contributed by atoms with Gasteiger partial charge in [0.25, 0.3) is 0 Å². The van der Waals surface area contributed by atoms with Crippen LogP contribution in [0.15, 0.2) is 24.3 Å². The summed E-state index contributed by atoms with van der Waals surface area (Å²) in [4.78, 5) is 12.5. The average molecular weight is 280 g/mol. The number of halogens is 1. The van der Waals surface area contributed by atoms with E-state index in [1.54, 1.807) is 6.07 Å². The summed E-state index contributed by atoms with van der Waals surface area (Å²) in [5, 5.41) is 4.14. The molecule has 1 aliphatic rings. The first-order valence-corrected chi connectivity index (χ1v) is 7.61. The van der Waals surface area contributed by atoms with Crippen LogP contribution < -0.4 is 5.32 Å². The lowest BCUT2D eigenvalue weighted by atomic mass is 9.91. The van der Waals surface area contributed by atoms with Gasteiger partial charge >= 0.3 is 0 Å². The maximum absolute atomic E-state index is 12.5. The molecule has 0 aliphatic heterocycles. The van der Waals surface area contributed by atoms with Crippen molar-refractivity contribution < 1.29 is 4.79 Å². The molecule has 1 aliphatic carbocycles.